The molecule has 3 aromatic carbocycles. The van der Waals surface area contributed by atoms with Crippen molar-refractivity contribution in [2.45, 2.75) is 6.61 Å². The molecule has 0 unspecified atom stereocenters. The van der Waals surface area contributed by atoms with Gasteiger partial charge in [0.1, 0.15) is 12.4 Å². The van der Waals surface area contributed by atoms with Crippen molar-refractivity contribution in [3.8, 4) is 5.75 Å². The van der Waals surface area contributed by atoms with Crippen LogP contribution in [0.4, 0.5) is 5.69 Å². The number of hydrogen-bond acceptors (Lipinski definition) is 4. The van der Waals surface area contributed by atoms with Crippen molar-refractivity contribution in [1.82, 2.24) is 5.43 Å². The Hall–Kier alpha value is -3.16. The zero-order valence-electron chi connectivity index (χ0n) is 15.6. The fraction of sp³-hybridized carbons (Fsp3) is 0.0455. The first-order valence-corrected chi connectivity index (χ1v) is 10.0. The first-order valence-electron chi connectivity index (χ1n) is 8.87. The number of ether oxygens (including phenoxy) is 1. The third-order valence-electron chi connectivity index (χ3n) is 3.89. The van der Waals surface area contributed by atoms with Crippen LogP contribution in [0.3, 0.4) is 0 Å². The van der Waals surface area contributed by atoms with E-state index in [-0.39, 0.29) is 0 Å². The van der Waals surface area contributed by atoms with Crippen molar-refractivity contribution < 1.29 is 14.3 Å². The molecule has 0 spiro atoms. The lowest BCUT2D eigenvalue weighted by molar-refractivity contribution is -0.136. The van der Waals surface area contributed by atoms with Gasteiger partial charge in [-0.25, -0.2) is 5.43 Å². The minimum Gasteiger partial charge on any atom is -0.489 e. The highest BCUT2D eigenvalue weighted by Gasteiger charge is 2.12. The summed E-state index contributed by atoms with van der Waals surface area (Å²) in [4.78, 5) is 23.7. The second-order valence-electron chi connectivity index (χ2n) is 6.14. The number of carbonyl (C=O) groups excluding carboxylic acids is 2. The van der Waals surface area contributed by atoms with Crippen molar-refractivity contribution in [2.75, 3.05) is 5.32 Å². The summed E-state index contributed by atoms with van der Waals surface area (Å²) in [5.41, 5.74) is 4.45. The van der Waals surface area contributed by atoms with Crippen LogP contribution in [0.1, 0.15) is 11.1 Å². The lowest BCUT2D eigenvalue weighted by atomic mass is 10.2. The molecular weight excluding hydrogens is 470 g/mol. The average Bonchev–Trinajstić information content (AvgIpc) is 2.76. The van der Waals surface area contributed by atoms with Crippen molar-refractivity contribution in [1.29, 1.82) is 0 Å². The van der Waals surface area contributed by atoms with Gasteiger partial charge >= 0.3 is 11.8 Å². The molecule has 3 rings (SSSR count). The van der Waals surface area contributed by atoms with E-state index in [0.717, 1.165) is 15.6 Å². The Morgan fingerprint density at radius 1 is 0.933 bits per heavy atom. The summed E-state index contributed by atoms with van der Waals surface area (Å²) in [5.74, 6) is -0.975. The number of hydrogen-bond donors (Lipinski definition) is 2. The van der Waals surface area contributed by atoms with Gasteiger partial charge in [-0.2, -0.15) is 5.10 Å². The first-order chi connectivity index (χ1) is 14.5. The average molecular weight is 487 g/mol. The molecule has 0 aromatic heterocycles. The molecular formula is C22H17BrClN3O3. The highest BCUT2D eigenvalue weighted by atomic mass is 79.9. The van der Waals surface area contributed by atoms with Crippen LogP contribution >= 0.6 is 27.5 Å². The standard InChI is InChI=1S/C22H17BrClN3O3/c23-17-5-9-19(10-6-17)26-21(28)22(29)27-25-13-15-3-11-20(12-4-15)30-14-16-1-7-18(24)8-2-16/h1-13H,14H2,(H,26,28)(H,27,29)/b25-13-. The largest absolute Gasteiger partial charge is 0.489 e. The molecule has 0 bridgehead atoms. The molecule has 30 heavy (non-hydrogen) atoms. The molecule has 8 heteroatoms. The van der Waals surface area contributed by atoms with E-state index < -0.39 is 11.8 Å². The van der Waals surface area contributed by atoms with E-state index in [0.29, 0.717) is 23.1 Å². The summed E-state index contributed by atoms with van der Waals surface area (Å²) in [7, 11) is 0. The van der Waals surface area contributed by atoms with Gasteiger partial charge in [0.05, 0.1) is 6.21 Å². The maximum Gasteiger partial charge on any atom is 0.329 e. The number of rotatable bonds is 6. The predicted octanol–water partition coefficient (Wildman–Crippen LogP) is 4.77. The molecule has 2 N–H and O–H groups in total. The minimum absolute atomic E-state index is 0.425. The highest BCUT2D eigenvalue weighted by molar-refractivity contribution is 9.10. The van der Waals surface area contributed by atoms with Gasteiger partial charge < -0.3 is 10.1 Å². The van der Waals surface area contributed by atoms with Crippen molar-refractivity contribution >= 4 is 51.2 Å². The Bertz CT molecular complexity index is 1040. The van der Waals surface area contributed by atoms with Gasteiger partial charge in [-0.05, 0) is 71.8 Å². The second kappa shape index (κ2) is 10.6. The highest BCUT2D eigenvalue weighted by Crippen LogP contribution is 2.15. The lowest BCUT2D eigenvalue weighted by Crippen LogP contribution is -2.32. The van der Waals surface area contributed by atoms with Crippen LogP contribution in [0.5, 0.6) is 5.75 Å². The fourth-order valence-corrected chi connectivity index (χ4v) is 2.73. The normalized spacial score (nSPS) is 10.6. The zero-order chi connectivity index (χ0) is 21.3. The summed E-state index contributed by atoms with van der Waals surface area (Å²) in [6.07, 6.45) is 1.44. The van der Waals surface area contributed by atoms with Crippen LogP contribution in [0.15, 0.2) is 82.4 Å². The van der Waals surface area contributed by atoms with E-state index in [9.17, 15) is 9.59 Å². The fourth-order valence-electron chi connectivity index (χ4n) is 2.33. The topological polar surface area (TPSA) is 79.8 Å². The van der Waals surface area contributed by atoms with Crippen molar-refractivity contribution in [2.24, 2.45) is 5.10 Å². The molecule has 3 aromatic rings. The van der Waals surface area contributed by atoms with Crippen LogP contribution in [0.2, 0.25) is 5.02 Å². The van der Waals surface area contributed by atoms with Crippen LogP contribution in [-0.2, 0) is 16.2 Å². The monoisotopic (exact) mass is 485 g/mol. The summed E-state index contributed by atoms with van der Waals surface area (Å²) in [6, 6.07) is 21.5. The Morgan fingerprint density at radius 2 is 1.60 bits per heavy atom. The molecule has 2 amide bonds. The maximum absolute atomic E-state index is 11.9. The van der Waals surface area contributed by atoms with Gasteiger partial charge in [-0.15, -0.1) is 0 Å². The Morgan fingerprint density at radius 3 is 2.27 bits per heavy atom. The summed E-state index contributed by atoms with van der Waals surface area (Å²) < 4.78 is 6.58. The Kier molecular flexibility index (Phi) is 7.59. The smallest absolute Gasteiger partial charge is 0.329 e. The molecule has 152 valence electrons. The third kappa shape index (κ3) is 6.72. The van der Waals surface area contributed by atoms with E-state index in [1.54, 1.807) is 48.5 Å². The van der Waals surface area contributed by atoms with Crippen LogP contribution < -0.4 is 15.5 Å². The van der Waals surface area contributed by atoms with Crippen molar-refractivity contribution in [3.63, 3.8) is 0 Å². The number of nitrogens with one attached hydrogen (secondary N) is 2. The van der Waals surface area contributed by atoms with Crippen LogP contribution in [0, 0.1) is 0 Å². The van der Waals surface area contributed by atoms with Gasteiger partial charge in [-0.1, -0.05) is 39.7 Å². The van der Waals surface area contributed by atoms with Gasteiger partial charge in [0, 0.05) is 15.2 Å². The van der Waals surface area contributed by atoms with Gasteiger partial charge in [0.25, 0.3) is 0 Å². The number of benzene rings is 3. The molecule has 6 nitrogen and oxygen atoms in total. The quantitative estimate of drug-likeness (QED) is 0.299. The number of nitrogens with zero attached hydrogens (tertiary/aromatic N) is 1. The molecule has 0 aliphatic carbocycles. The number of amides is 2. The van der Waals surface area contributed by atoms with E-state index in [2.05, 4.69) is 31.8 Å². The SMILES string of the molecule is O=C(N/N=C\c1ccc(OCc2ccc(Cl)cc2)cc1)C(=O)Nc1ccc(Br)cc1. The van der Waals surface area contributed by atoms with Gasteiger partial charge in [-0.3, -0.25) is 9.59 Å². The molecule has 0 radical (unpaired) electrons. The van der Waals surface area contributed by atoms with E-state index >= 15 is 0 Å². The molecule has 0 heterocycles. The molecule has 0 fully saturated rings. The summed E-state index contributed by atoms with van der Waals surface area (Å²) >= 11 is 9.16. The second-order valence-corrected chi connectivity index (χ2v) is 7.50. The molecule has 0 saturated heterocycles. The third-order valence-corrected chi connectivity index (χ3v) is 4.67. The molecule has 0 saturated carbocycles. The number of halogens is 2. The number of hydrazone groups is 1. The number of carbonyl (C=O) groups is 2. The van der Waals surface area contributed by atoms with E-state index in [1.165, 1.54) is 6.21 Å². The lowest BCUT2D eigenvalue weighted by Gasteiger charge is -2.06. The van der Waals surface area contributed by atoms with Crippen LogP contribution in [-0.4, -0.2) is 18.0 Å². The minimum atomic E-state index is -0.864. The van der Waals surface area contributed by atoms with Gasteiger partial charge in [0.2, 0.25) is 0 Å². The van der Waals surface area contributed by atoms with Crippen molar-refractivity contribution in [3.05, 3.63) is 93.4 Å². The molecule has 0 aliphatic rings. The summed E-state index contributed by atoms with van der Waals surface area (Å²) in [5, 5.41) is 6.97. The maximum atomic E-state index is 11.9. The zero-order valence-corrected chi connectivity index (χ0v) is 18.0. The predicted molar refractivity (Wildman–Crippen MR) is 121 cm³/mol. The molecule has 0 atom stereocenters. The first kappa shape index (κ1) is 21.5. The van der Waals surface area contributed by atoms with Gasteiger partial charge in [0.15, 0.2) is 0 Å². The molecule has 0 aliphatic heterocycles. The van der Waals surface area contributed by atoms with E-state index in [4.69, 9.17) is 16.3 Å². The Labute approximate surface area is 187 Å². The van der Waals surface area contributed by atoms with E-state index in [1.807, 2.05) is 24.3 Å². The summed E-state index contributed by atoms with van der Waals surface area (Å²) in [6.45, 7) is 0.425. The Balaban J connectivity index is 1.46. The number of anilines is 1. The van der Waals surface area contributed by atoms with Crippen LogP contribution in [0.25, 0.3) is 0 Å².